The minimum Gasteiger partial charge on any atom is -0.382 e. The first kappa shape index (κ1) is 17.3. The number of aromatic nitrogens is 4. The van der Waals surface area contributed by atoms with Gasteiger partial charge < -0.3 is 25.3 Å². The largest absolute Gasteiger partial charge is 0.382 e. The molecule has 27 heavy (non-hydrogen) atoms. The van der Waals surface area contributed by atoms with Gasteiger partial charge in [0.05, 0.1) is 6.33 Å². The van der Waals surface area contributed by atoms with E-state index < -0.39 is 5.79 Å². The molecule has 0 radical (unpaired) electrons. The molecule has 0 aromatic carbocycles. The van der Waals surface area contributed by atoms with Crippen LogP contribution in [0.15, 0.2) is 12.7 Å². The van der Waals surface area contributed by atoms with Gasteiger partial charge in [-0.15, -0.1) is 0 Å². The van der Waals surface area contributed by atoms with E-state index in [1.54, 1.807) is 6.33 Å². The van der Waals surface area contributed by atoms with E-state index in [9.17, 15) is 0 Å². The van der Waals surface area contributed by atoms with Crippen molar-refractivity contribution in [2.45, 2.75) is 63.4 Å². The Balaban J connectivity index is 1.48. The number of nitrogens with one attached hydrogen (secondary N) is 1. The summed E-state index contributed by atoms with van der Waals surface area (Å²) in [6.45, 7) is 8.01. The van der Waals surface area contributed by atoms with Crippen LogP contribution in [-0.2, 0) is 14.2 Å². The Labute approximate surface area is 157 Å². The fraction of sp³-hybridized carbons (Fsp3) is 0.722. The lowest BCUT2D eigenvalue weighted by Crippen LogP contribution is -2.35. The Bertz CT molecular complexity index is 870. The van der Waals surface area contributed by atoms with E-state index in [1.165, 1.54) is 6.33 Å². The predicted molar refractivity (Wildman–Crippen MR) is 97.7 cm³/mol. The third-order valence-electron chi connectivity index (χ3n) is 5.81. The summed E-state index contributed by atoms with van der Waals surface area (Å²) in [6.07, 6.45) is 4.55. The van der Waals surface area contributed by atoms with Crippen molar-refractivity contribution >= 4 is 17.0 Å². The van der Waals surface area contributed by atoms with Gasteiger partial charge in [0, 0.05) is 12.5 Å². The topological polar surface area (TPSA) is 109 Å². The van der Waals surface area contributed by atoms with Crippen molar-refractivity contribution in [1.82, 2.24) is 24.8 Å². The number of nitrogens with zero attached hydrogens (tertiary/aromatic N) is 4. The maximum absolute atomic E-state index is 6.59. The normalized spacial score (nSPS) is 36.6. The lowest BCUT2D eigenvalue weighted by Gasteiger charge is -2.25. The fourth-order valence-electron chi connectivity index (χ4n) is 4.52. The summed E-state index contributed by atoms with van der Waals surface area (Å²) in [5.41, 5.74) is 6.85. The van der Waals surface area contributed by atoms with E-state index in [-0.39, 0.29) is 24.0 Å². The number of ether oxygens (including phenoxy) is 3. The molecular formula is C18H26N6O3. The minimum absolute atomic E-state index is 0.109. The number of anilines is 1. The molecule has 9 nitrogen and oxygen atoms in total. The number of hydrogen-bond donors (Lipinski definition) is 2. The lowest BCUT2D eigenvalue weighted by atomic mass is 10.1. The molecule has 0 bridgehead atoms. The summed E-state index contributed by atoms with van der Waals surface area (Å²) in [4.78, 5) is 12.8. The SMILES string of the molecule is CCCNC[C@@H]1C[C@@]12O[C@@H](n1cnc3c(N)ncnc31)C1OC(C)(C)O[C@H]12. The minimum atomic E-state index is -0.640. The van der Waals surface area contributed by atoms with Gasteiger partial charge in [0.1, 0.15) is 29.7 Å². The molecular weight excluding hydrogens is 348 g/mol. The molecule has 146 valence electrons. The van der Waals surface area contributed by atoms with Crippen molar-refractivity contribution in [3.05, 3.63) is 12.7 Å². The van der Waals surface area contributed by atoms with Gasteiger partial charge in [-0.05, 0) is 33.2 Å². The number of imidazole rings is 1. The van der Waals surface area contributed by atoms with E-state index in [2.05, 4.69) is 27.2 Å². The highest BCUT2D eigenvalue weighted by Gasteiger charge is 2.73. The molecule has 5 rings (SSSR count). The van der Waals surface area contributed by atoms with E-state index in [0.717, 1.165) is 25.9 Å². The van der Waals surface area contributed by atoms with E-state index in [1.807, 2.05) is 18.4 Å². The fourth-order valence-corrected chi connectivity index (χ4v) is 4.52. The molecule has 2 aliphatic heterocycles. The molecule has 5 atom stereocenters. The monoisotopic (exact) mass is 374 g/mol. The number of nitrogen functional groups attached to an aromatic ring is 1. The molecule has 3 N–H and O–H groups in total. The van der Waals surface area contributed by atoms with E-state index >= 15 is 0 Å². The summed E-state index contributed by atoms with van der Waals surface area (Å²) in [5.74, 6) is 0.132. The average Bonchev–Trinajstić information content (AvgIpc) is 2.90. The maximum Gasteiger partial charge on any atom is 0.167 e. The molecule has 2 aromatic heterocycles. The lowest BCUT2D eigenvalue weighted by molar-refractivity contribution is -0.203. The third kappa shape index (κ3) is 2.56. The molecule has 0 amide bonds. The Morgan fingerprint density at radius 1 is 1.26 bits per heavy atom. The van der Waals surface area contributed by atoms with Crippen LogP contribution < -0.4 is 11.1 Å². The standard InChI is InChI=1S/C18H26N6O3/c1-4-5-20-7-10-6-18(10)13-12(25-17(2,3)26-13)16(27-18)24-9-23-11-14(19)21-8-22-15(11)24/h8-10,12-13,16,20H,4-7H2,1-3H3,(H2,19,21,22)/t10-,12?,13+,16+,18+/m0/s1. The molecule has 3 fully saturated rings. The van der Waals surface area contributed by atoms with Crippen LogP contribution >= 0.6 is 0 Å². The van der Waals surface area contributed by atoms with E-state index in [4.69, 9.17) is 19.9 Å². The van der Waals surface area contributed by atoms with Gasteiger partial charge >= 0.3 is 0 Å². The van der Waals surface area contributed by atoms with Crippen LogP contribution in [0.4, 0.5) is 5.82 Å². The molecule has 1 saturated carbocycles. The van der Waals surface area contributed by atoms with Crippen LogP contribution in [0.2, 0.25) is 0 Å². The van der Waals surface area contributed by atoms with E-state index in [0.29, 0.717) is 22.9 Å². The van der Waals surface area contributed by atoms with Gasteiger partial charge in [0.2, 0.25) is 0 Å². The molecule has 1 aliphatic carbocycles. The van der Waals surface area contributed by atoms with Crippen LogP contribution in [0.5, 0.6) is 0 Å². The molecule has 4 heterocycles. The van der Waals surface area contributed by atoms with Crippen LogP contribution in [0, 0.1) is 5.92 Å². The highest BCUT2D eigenvalue weighted by atomic mass is 16.8. The number of fused-ring (bicyclic) bond motifs is 3. The number of rotatable bonds is 5. The van der Waals surface area contributed by atoms with Crippen molar-refractivity contribution in [2.24, 2.45) is 5.92 Å². The second-order valence-corrected chi connectivity index (χ2v) is 8.17. The first-order chi connectivity index (χ1) is 13.0. The van der Waals surface area contributed by atoms with Gasteiger partial charge in [-0.3, -0.25) is 4.57 Å². The van der Waals surface area contributed by atoms with Crippen molar-refractivity contribution in [3.8, 4) is 0 Å². The second kappa shape index (κ2) is 5.84. The van der Waals surface area contributed by atoms with Crippen molar-refractivity contribution in [2.75, 3.05) is 18.8 Å². The maximum atomic E-state index is 6.59. The smallest absolute Gasteiger partial charge is 0.167 e. The molecule has 3 aliphatic rings. The number of hydrogen-bond acceptors (Lipinski definition) is 8. The molecule has 1 unspecified atom stereocenters. The highest BCUT2D eigenvalue weighted by Crippen LogP contribution is 2.62. The Hall–Kier alpha value is -1.81. The summed E-state index contributed by atoms with van der Waals surface area (Å²) < 4.78 is 21.0. The molecule has 2 aromatic rings. The summed E-state index contributed by atoms with van der Waals surface area (Å²) in [6, 6.07) is 0. The Morgan fingerprint density at radius 3 is 2.93 bits per heavy atom. The summed E-state index contributed by atoms with van der Waals surface area (Å²) >= 11 is 0. The van der Waals surface area contributed by atoms with Crippen molar-refractivity contribution in [1.29, 1.82) is 0 Å². The predicted octanol–water partition coefficient (Wildman–Crippen LogP) is 1.22. The molecule has 2 saturated heterocycles. The van der Waals surface area contributed by atoms with Crippen molar-refractivity contribution in [3.63, 3.8) is 0 Å². The molecule has 1 spiro atoms. The van der Waals surface area contributed by atoms with Gasteiger partial charge in [-0.25, -0.2) is 15.0 Å². The van der Waals surface area contributed by atoms with Gasteiger partial charge in [0.15, 0.2) is 23.5 Å². The van der Waals surface area contributed by atoms with Gasteiger partial charge in [-0.1, -0.05) is 6.92 Å². The Kier molecular flexibility index (Phi) is 3.74. The summed E-state index contributed by atoms with van der Waals surface area (Å²) in [5, 5.41) is 3.50. The highest BCUT2D eigenvalue weighted by molar-refractivity contribution is 5.81. The quantitative estimate of drug-likeness (QED) is 0.752. The first-order valence-corrected chi connectivity index (χ1v) is 9.62. The zero-order valence-corrected chi connectivity index (χ0v) is 15.9. The zero-order chi connectivity index (χ0) is 18.8. The third-order valence-corrected chi connectivity index (χ3v) is 5.81. The van der Waals surface area contributed by atoms with Crippen LogP contribution in [0.1, 0.15) is 39.8 Å². The van der Waals surface area contributed by atoms with Crippen LogP contribution in [0.25, 0.3) is 11.2 Å². The first-order valence-electron chi connectivity index (χ1n) is 9.62. The number of nitrogens with two attached hydrogens (primary N) is 1. The van der Waals surface area contributed by atoms with Crippen molar-refractivity contribution < 1.29 is 14.2 Å². The van der Waals surface area contributed by atoms with Gasteiger partial charge in [0.25, 0.3) is 0 Å². The zero-order valence-electron chi connectivity index (χ0n) is 15.9. The molecule has 9 heteroatoms. The average molecular weight is 374 g/mol. The summed E-state index contributed by atoms with van der Waals surface area (Å²) in [7, 11) is 0. The van der Waals surface area contributed by atoms with Gasteiger partial charge in [-0.2, -0.15) is 0 Å². The second-order valence-electron chi connectivity index (χ2n) is 8.17. The Morgan fingerprint density at radius 2 is 2.11 bits per heavy atom. The van der Waals surface area contributed by atoms with Crippen LogP contribution in [-0.4, -0.2) is 56.2 Å². The van der Waals surface area contributed by atoms with Crippen LogP contribution in [0.3, 0.4) is 0 Å².